The summed E-state index contributed by atoms with van der Waals surface area (Å²) in [5.41, 5.74) is 2.26. The molecule has 0 spiro atoms. The maximum atomic E-state index is 11.1. The summed E-state index contributed by atoms with van der Waals surface area (Å²) >= 11 is 0. The molecule has 0 atom stereocenters. The second kappa shape index (κ2) is 4.70. The van der Waals surface area contributed by atoms with Gasteiger partial charge in [0.2, 0.25) is 0 Å². The Balaban J connectivity index is 0.000000980. The summed E-state index contributed by atoms with van der Waals surface area (Å²) in [6, 6.07) is 1.70. The molecule has 0 unspecified atom stereocenters. The molecular weight excluding hydrogens is 274 g/mol. The molecule has 1 aromatic rings. The predicted molar refractivity (Wildman–Crippen MR) is 49.5 cm³/mol. The topological polar surface area (TPSA) is 61.1 Å². The quantitative estimate of drug-likeness (QED) is 0.569. The van der Waals surface area contributed by atoms with Crippen LogP contribution in [0.15, 0.2) is 12.3 Å². The minimum absolute atomic E-state index is 0. The van der Waals surface area contributed by atoms with Crippen LogP contribution < -0.4 is 58.2 Å². The number of hydrogen-bond acceptors (Lipinski definition) is 3. The third kappa shape index (κ3) is 2.85. The summed E-state index contributed by atoms with van der Waals surface area (Å²) in [6.07, 6.45) is 2.22. The Hall–Kier alpha value is 0.705. The fourth-order valence-corrected chi connectivity index (χ4v) is 2.32. The predicted octanol–water partition coefficient (Wildman–Crippen LogP) is -1.71. The van der Waals surface area contributed by atoms with Crippen molar-refractivity contribution in [1.29, 1.82) is 0 Å². The first-order chi connectivity index (χ1) is 6.07. The van der Waals surface area contributed by atoms with E-state index in [0.29, 0.717) is 12.1 Å². The average Bonchev–Trinajstić information content (AvgIpc) is 2.01. The van der Waals surface area contributed by atoms with Gasteiger partial charge in [0.05, 0.1) is 10.0 Å². The van der Waals surface area contributed by atoms with Crippen molar-refractivity contribution < 1.29 is 66.6 Å². The number of rotatable bonds is 0. The van der Waals surface area contributed by atoms with Crippen LogP contribution in [0.2, 0.25) is 0 Å². The van der Waals surface area contributed by atoms with E-state index in [1.807, 2.05) is 6.92 Å². The second-order valence-electron chi connectivity index (χ2n) is 3.08. The number of hydrogen-bond donors (Lipinski definition) is 0. The molecule has 0 aliphatic carbocycles. The van der Waals surface area contributed by atoms with E-state index in [9.17, 15) is 8.42 Å². The summed E-state index contributed by atoms with van der Waals surface area (Å²) < 4.78 is 25.9. The van der Waals surface area contributed by atoms with Crippen LogP contribution in [0.1, 0.15) is 11.3 Å². The van der Waals surface area contributed by atoms with E-state index >= 15 is 0 Å². The molecule has 0 saturated carbocycles. The molecule has 0 bridgehead atoms. The van der Waals surface area contributed by atoms with Crippen LogP contribution in [0.3, 0.4) is 0 Å². The van der Waals surface area contributed by atoms with Gasteiger partial charge < -0.3 is 4.72 Å². The van der Waals surface area contributed by atoms with Gasteiger partial charge in [-0.3, -0.25) is 4.98 Å². The molecule has 14 heavy (non-hydrogen) atoms. The third-order valence-electron chi connectivity index (χ3n) is 1.97. The van der Waals surface area contributed by atoms with Gasteiger partial charge in [0.1, 0.15) is 0 Å². The maximum Gasteiger partial charge on any atom is 1.00 e. The average molecular weight is 283 g/mol. The molecule has 70 valence electrons. The summed E-state index contributed by atoms with van der Waals surface area (Å²) in [5, 5.41) is 0. The van der Waals surface area contributed by atoms with Gasteiger partial charge in [-0.25, -0.2) is 8.42 Å². The minimum atomic E-state index is -3.22. The van der Waals surface area contributed by atoms with Gasteiger partial charge in [0.25, 0.3) is 0 Å². The van der Waals surface area contributed by atoms with E-state index in [0.717, 1.165) is 11.3 Å². The molecule has 0 amide bonds. The second-order valence-corrected chi connectivity index (χ2v) is 4.84. The Morgan fingerprint density at radius 2 is 2.21 bits per heavy atom. The fraction of sp³-hybridized carbons (Fsp3) is 0.375. The Bertz CT molecular complexity index is 445. The number of sulfonamides is 1. The monoisotopic (exact) mass is 282 g/mol. The summed E-state index contributed by atoms with van der Waals surface area (Å²) in [6.45, 7) is 1.82. The first-order valence-electron chi connectivity index (χ1n) is 3.98. The Kier molecular flexibility index (Phi) is 4.28. The Labute approximate surface area is 132 Å². The van der Waals surface area contributed by atoms with Crippen molar-refractivity contribution in [3.8, 4) is 0 Å². The van der Waals surface area contributed by atoms with Crippen molar-refractivity contribution >= 4 is 15.7 Å². The fourth-order valence-electron chi connectivity index (χ4n) is 1.29. The van der Waals surface area contributed by atoms with Crippen LogP contribution >= 0.6 is 0 Å². The minimum Gasteiger partial charge on any atom is -0.577 e. The standard InChI is InChI=1S/C8H9N2O2S.Rb/c1-6-4-8-7(5-9-6)2-3-13(11,12)10-8;/h4-5H,2-3H2,1H3;/q-1;+1. The van der Waals surface area contributed by atoms with Gasteiger partial charge in [-0.2, -0.15) is 0 Å². The maximum absolute atomic E-state index is 11.1. The number of aryl methyl sites for hydroxylation is 2. The van der Waals surface area contributed by atoms with E-state index in [-0.39, 0.29) is 63.9 Å². The van der Waals surface area contributed by atoms with Crippen LogP contribution in [0, 0.1) is 6.92 Å². The SMILES string of the molecule is Cc1cc2c(cn1)CCS(=O)(=O)[N-]2.[Rb+]. The number of aromatic nitrogens is 1. The van der Waals surface area contributed by atoms with E-state index in [1.165, 1.54) is 0 Å². The molecule has 0 saturated heterocycles. The van der Waals surface area contributed by atoms with E-state index in [1.54, 1.807) is 12.3 Å². The summed E-state index contributed by atoms with van der Waals surface area (Å²) in [4.78, 5) is 4.09. The van der Waals surface area contributed by atoms with E-state index < -0.39 is 10.0 Å². The van der Waals surface area contributed by atoms with Gasteiger partial charge in [-0.15, -0.1) is 5.69 Å². The largest absolute Gasteiger partial charge is 1.00 e. The van der Waals surface area contributed by atoms with Crippen molar-refractivity contribution in [2.24, 2.45) is 0 Å². The van der Waals surface area contributed by atoms with Crippen molar-refractivity contribution in [1.82, 2.24) is 4.98 Å². The van der Waals surface area contributed by atoms with Gasteiger partial charge in [-0.05, 0) is 18.9 Å². The van der Waals surface area contributed by atoms with Crippen LogP contribution in [-0.4, -0.2) is 19.2 Å². The molecule has 1 aliphatic heterocycles. The molecule has 1 aromatic heterocycles. The molecule has 2 rings (SSSR count). The molecule has 2 heterocycles. The van der Waals surface area contributed by atoms with Crippen molar-refractivity contribution in [2.45, 2.75) is 13.3 Å². The zero-order valence-corrected chi connectivity index (χ0v) is 13.9. The summed E-state index contributed by atoms with van der Waals surface area (Å²) in [5.74, 6) is 0.102. The normalized spacial score (nSPS) is 17.5. The molecule has 0 N–H and O–H groups in total. The van der Waals surface area contributed by atoms with Crippen LogP contribution in [0.5, 0.6) is 0 Å². The number of fused-ring (bicyclic) bond motifs is 1. The third-order valence-corrected chi connectivity index (χ3v) is 3.16. The molecule has 0 aromatic carbocycles. The van der Waals surface area contributed by atoms with Gasteiger partial charge in [-0.1, -0.05) is 6.07 Å². The smallest absolute Gasteiger partial charge is 0.577 e. The molecule has 4 nitrogen and oxygen atoms in total. The number of nitrogens with zero attached hydrogens (tertiary/aromatic N) is 2. The first-order valence-corrected chi connectivity index (χ1v) is 5.59. The molecule has 1 aliphatic rings. The Morgan fingerprint density at radius 1 is 1.50 bits per heavy atom. The van der Waals surface area contributed by atoms with Crippen molar-refractivity contribution in [2.75, 3.05) is 5.75 Å². The Morgan fingerprint density at radius 3 is 2.93 bits per heavy atom. The van der Waals surface area contributed by atoms with Gasteiger partial charge in [0, 0.05) is 17.6 Å². The van der Waals surface area contributed by atoms with Gasteiger partial charge >= 0.3 is 58.2 Å². The van der Waals surface area contributed by atoms with Crippen LogP contribution in [0.4, 0.5) is 5.69 Å². The van der Waals surface area contributed by atoms with Gasteiger partial charge in [0.15, 0.2) is 0 Å². The van der Waals surface area contributed by atoms with Crippen LogP contribution in [-0.2, 0) is 16.4 Å². The molecular formula is C8H9N2O2RbS. The molecule has 0 fully saturated rings. The first kappa shape index (κ1) is 12.8. The van der Waals surface area contributed by atoms with Crippen LogP contribution in [0.25, 0.3) is 4.72 Å². The zero-order valence-electron chi connectivity index (χ0n) is 8.19. The van der Waals surface area contributed by atoms with Crippen molar-refractivity contribution in [3.63, 3.8) is 0 Å². The summed E-state index contributed by atoms with van der Waals surface area (Å²) in [7, 11) is -3.22. The molecule has 0 radical (unpaired) electrons. The van der Waals surface area contributed by atoms with E-state index in [4.69, 9.17) is 0 Å². The van der Waals surface area contributed by atoms with Crippen molar-refractivity contribution in [3.05, 3.63) is 28.2 Å². The number of pyridine rings is 1. The van der Waals surface area contributed by atoms with E-state index in [2.05, 4.69) is 9.71 Å². The molecule has 6 heteroatoms. The zero-order chi connectivity index (χ0) is 9.47.